The molecule has 0 bridgehead atoms. The van der Waals surface area contributed by atoms with E-state index in [1.54, 1.807) is 0 Å². The van der Waals surface area contributed by atoms with Crippen LogP contribution in [-0.2, 0) is 0 Å². The molecule has 2 nitrogen and oxygen atoms in total. The lowest BCUT2D eigenvalue weighted by molar-refractivity contribution is 0.346. The molecule has 1 atom stereocenters. The van der Waals surface area contributed by atoms with E-state index in [0.29, 0.717) is 0 Å². The van der Waals surface area contributed by atoms with Crippen LogP contribution in [0.25, 0.3) is 0 Å². The first-order valence-corrected chi connectivity index (χ1v) is 4.65. The van der Waals surface area contributed by atoms with Gasteiger partial charge in [-0.2, -0.15) is 0 Å². The minimum atomic E-state index is 0.183. The molecule has 0 spiro atoms. The fraction of sp³-hybridized carbons (Fsp3) is 1.00. The smallest absolute Gasteiger partial charge is 0.0273 e. The average molecular weight is 156 g/mol. The lowest BCUT2D eigenvalue weighted by atomic mass is 9.99. The molecule has 11 heavy (non-hydrogen) atoms. The molecule has 0 radical (unpaired) electrons. The van der Waals surface area contributed by atoms with Crippen molar-refractivity contribution in [2.24, 2.45) is 11.7 Å². The summed E-state index contributed by atoms with van der Waals surface area (Å²) in [6.07, 6.45) is 3.95. The molecule has 1 fully saturated rings. The summed E-state index contributed by atoms with van der Waals surface area (Å²) >= 11 is 0. The maximum Gasteiger partial charge on any atom is 0.0273 e. The van der Waals surface area contributed by atoms with E-state index < -0.39 is 0 Å². The molecule has 0 saturated heterocycles. The van der Waals surface area contributed by atoms with Crippen LogP contribution in [0.4, 0.5) is 0 Å². The second kappa shape index (κ2) is 3.55. The molecular formula is C9H20N2. The molecule has 2 heteroatoms. The highest BCUT2D eigenvalue weighted by Crippen LogP contribution is 2.28. The molecule has 1 unspecified atom stereocenters. The lowest BCUT2D eigenvalue weighted by Gasteiger charge is -2.28. The van der Waals surface area contributed by atoms with Crippen LogP contribution in [0.2, 0.25) is 0 Å². The van der Waals surface area contributed by atoms with Gasteiger partial charge < -0.3 is 11.1 Å². The largest absolute Gasteiger partial charge is 0.329 e. The van der Waals surface area contributed by atoms with Crippen molar-refractivity contribution in [1.29, 1.82) is 0 Å². The third kappa shape index (κ3) is 2.80. The van der Waals surface area contributed by atoms with E-state index >= 15 is 0 Å². The fourth-order valence-electron chi connectivity index (χ4n) is 1.05. The highest BCUT2D eigenvalue weighted by atomic mass is 15.0. The van der Waals surface area contributed by atoms with Crippen LogP contribution < -0.4 is 11.1 Å². The second-order valence-electron chi connectivity index (χ2n) is 3.94. The molecule has 1 aliphatic rings. The van der Waals surface area contributed by atoms with E-state index in [1.807, 2.05) is 0 Å². The average Bonchev–Trinajstić information content (AvgIpc) is 2.83. The van der Waals surface area contributed by atoms with Gasteiger partial charge in [-0.15, -0.1) is 0 Å². The monoisotopic (exact) mass is 156 g/mol. The van der Waals surface area contributed by atoms with E-state index in [9.17, 15) is 0 Å². The number of nitrogens with one attached hydrogen (secondary N) is 1. The van der Waals surface area contributed by atoms with Crippen molar-refractivity contribution < 1.29 is 0 Å². The molecule has 0 heterocycles. The highest BCUT2D eigenvalue weighted by molar-refractivity contribution is 4.86. The zero-order valence-corrected chi connectivity index (χ0v) is 7.69. The quantitative estimate of drug-likeness (QED) is 0.626. The van der Waals surface area contributed by atoms with Crippen LogP contribution in [0.5, 0.6) is 0 Å². The van der Waals surface area contributed by atoms with Crippen LogP contribution in [0.3, 0.4) is 0 Å². The van der Waals surface area contributed by atoms with Gasteiger partial charge in [-0.3, -0.25) is 0 Å². The van der Waals surface area contributed by atoms with Crippen molar-refractivity contribution in [2.45, 2.75) is 38.6 Å². The Morgan fingerprint density at radius 1 is 1.55 bits per heavy atom. The first-order chi connectivity index (χ1) is 5.20. The predicted molar refractivity (Wildman–Crippen MR) is 48.5 cm³/mol. The third-order valence-corrected chi connectivity index (χ3v) is 2.75. The van der Waals surface area contributed by atoms with Crippen molar-refractivity contribution in [3.63, 3.8) is 0 Å². The van der Waals surface area contributed by atoms with Gasteiger partial charge in [0.15, 0.2) is 0 Å². The summed E-state index contributed by atoms with van der Waals surface area (Å²) < 4.78 is 0. The molecule has 0 amide bonds. The Hall–Kier alpha value is -0.0800. The summed E-state index contributed by atoms with van der Waals surface area (Å²) in [5.41, 5.74) is 5.84. The SMILES string of the molecule is CCC(C)(CN)NCC1CC1. The molecule has 1 saturated carbocycles. The van der Waals surface area contributed by atoms with Crippen molar-refractivity contribution in [3.05, 3.63) is 0 Å². The molecule has 3 N–H and O–H groups in total. The second-order valence-corrected chi connectivity index (χ2v) is 3.94. The van der Waals surface area contributed by atoms with E-state index in [2.05, 4.69) is 19.2 Å². The molecule has 0 aromatic rings. The molecule has 1 aliphatic carbocycles. The maximum atomic E-state index is 5.66. The van der Waals surface area contributed by atoms with Crippen LogP contribution in [0.15, 0.2) is 0 Å². The van der Waals surface area contributed by atoms with Crippen LogP contribution in [0, 0.1) is 5.92 Å². The molecule has 0 aromatic carbocycles. The normalized spacial score (nSPS) is 23.2. The van der Waals surface area contributed by atoms with Crippen LogP contribution >= 0.6 is 0 Å². The third-order valence-electron chi connectivity index (χ3n) is 2.75. The summed E-state index contributed by atoms with van der Waals surface area (Å²) in [6, 6.07) is 0. The first kappa shape index (κ1) is 9.01. The van der Waals surface area contributed by atoms with E-state index in [-0.39, 0.29) is 5.54 Å². The van der Waals surface area contributed by atoms with E-state index in [4.69, 9.17) is 5.73 Å². The summed E-state index contributed by atoms with van der Waals surface area (Å²) in [5.74, 6) is 0.951. The van der Waals surface area contributed by atoms with Crippen molar-refractivity contribution >= 4 is 0 Å². The Morgan fingerprint density at radius 3 is 2.55 bits per heavy atom. The summed E-state index contributed by atoms with van der Waals surface area (Å²) in [6.45, 7) is 6.31. The first-order valence-electron chi connectivity index (χ1n) is 4.65. The Bertz CT molecular complexity index is 115. The Balaban J connectivity index is 2.18. The summed E-state index contributed by atoms with van der Waals surface area (Å²) in [7, 11) is 0. The van der Waals surface area contributed by atoms with E-state index in [1.165, 1.54) is 19.4 Å². The van der Waals surface area contributed by atoms with Crippen LogP contribution in [0.1, 0.15) is 33.1 Å². The molecule has 0 aliphatic heterocycles. The van der Waals surface area contributed by atoms with E-state index in [0.717, 1.165) is 18.9 Å². The summed E-state index contributed by atoms with van der Waals surface area (Å²) in [5, 5.41) is 3.53. The topological polar surface area (TPSA) is 38.0 Å². The fourth-order valence-corrected chi connectivity index (χ4v) is 1.05. The van der Waals surface area contributed by atoms with Gasteiger partial charge in [0.25, 0.3) is 0 Å². The van der Waals surface area contributed by atoms with Gasteiger partial charge in [0.1, 0.15) is 0 Å². The lowest BCUT2D eigenvalue weighted by Crippen LogP contribution is -2.48. The standard InChI is InChI=1S/C9H20N2/c1-3-9(2,7-10)11-6-8-4-5-8/h8,11H,3-7,10H2,1-2H3. The molecule has 1 rings (SSSR count). The van der Waals surface area contributed by atoms with Gasteiger partial charge in [-0.1, -0.05) is 6.92 Å². The maximum absolute atomic E-state index is 5.66. The van der Waals surface area contributed by atoms with Gasteiger partial charge in [0, 0.05) is 12.1 Å². The van der Waals surface area contributed by atoms with Crippen molar-refractivity contribution in [1.82, 2.24) is 5.32 Å². The Labute approximate surface area is 69.5 Å². The van der Waals surface area contributed by atoms with Gasteiger partial charge in [0.05, 0.1) is 0 Å². The predicted octanol–water partition coefficient (Wildman–Crippen LogP) is 1.11. The molecule has 66 valence electrons. The van der Waals surface area contributed by atoms with Crippen molar-refractivity contribution in [2.75, 3.05) is 13.1 Å². The Morgan fingerprint density at radius 2 is 2.18 bits per heavy atom. The molecule has 0 aromatic heterocycles. The number of nitrogens with two attached hydrogens (primary N) is 1. The Kier molecular flexibility index (Phi) is 2.90. The highest BCUT2D eigenvalue weighted by Gasteiger charge is 2.25. The van der Waals surface area contributed by atoms with Crippen LogP contribution in [-0.4, -0.2) is 18.6 Å². The number of rotatable bonds is 5. The van der Waals surface area contributed by atoms with Gasteiger partial charge in [0.2, 0.25) is 0 Å². The number of hydrogen-bond acceptors (Lipinski definition) is 2. The number of hydrogen-bond donors (Lipinski definition) is 2. The summed E-state index contributed by atoms with van der Waals surface area (Å²) in [4.78, 5) is 0. The molecular weight excluding hydrogens is 136 g/mol. The minimum absolute atomic E-state index is 0.183. The van der Waals surface area contributed by atoms with Gasteiger partial charge >= 0.3 is 0 Å². The van der Waals surface area contributed by atoms with Gasteiger partial charge in [-0.05, 0) is 38.6 Å². The minimum Gasteiger partial charge on any atom is -0.329 e. The van der Waals surface area contributed by atoms with Gasteiger partial charge in [-0.25, -0.2) is 0 Å². The zero-order valence-electron chi connectivity index (χ0n) is 7.69. The zero-order chi connectivity index (χ0) is 8.32. The van der Waals surface area contributed by atoms with Crippen molar-refractivity contribution in [3.8, 4) is 0 Å².